The highest BCUT2D eigenvalue weighted by molar-refractivity contribution is 5.85. The number of piperidine rings is 1. The number of carbonyl (C=O) groups excluding carboxylic acids is 1. The first-order valence-electron chi connectivity index (χ1n) is 8.25. The van der Waals surface area contributed by atoms with Crippen LogP contribution in [0.25, 0.3) is 0 Å². The Balaban J connectivity index is 0.00000147. The van der Waals surface area contributed by atoms with Crippen LogP contribution in [0.5, 0.6) is 0 Å². The lowest BCUT2D eigenvalue weighted by Gasteiger charge is -2.45. The van der Waals surface area contributed by atoms with Gasteiger partial charge in [0.2, 0.25) is 5.91 Å². The van der Waals surface area contributed by atoms with E-state index in [0.29, 0.717) is 11.3 Å². The normalized spacial score (nSPS) is 33.0. The fourth-order valence-electron chi connectivity index (χ4n) is 4.53. The summed E-state index contributed by atoms with van der Waals surface area (Å²) in [6.45, 7) is 1.98. The predicted octanol–water partition coefficient (Wildman–Crippen LogP) is 3.11. The Bertz CT molecular complexity index is 331. The predicted molar refractivity (Wildman–Crippen MR) is 83.9 cm³/mol. The highest BCUT2D eigenvalue weighted by Crippen LogP contribution is 2.44. The second-order valence-corrected chi connectivity index (χ2v) is 7.09. The highest BCUT2D eigenvalue weighted by atomic mass is 35.5. The standard InChI is InChI=1S/C16H28N2O.ClH/c17-14-6-4-5-13(14)15(19)18-11-9-16(10-12-18)7-2-1-3-8-16;/h13-14H,1-12,17H2;1H. The van der Waals surface area contributed by atoms with E-state index < -0.39 is 0 Å². The summed E-state index contributed by atoms with van der Waals surface area (Å²) in [4.78, 5) is 14.6. The summed E-state index contributed by atoms with van der Waals surface area (Å²) in [5.41, 5.74) is 6.67. The number of carbonyl (C=O) groups is 1. The summed E-state index contributed by atoms with van der Waals surface area (Å²) < 4.78 is 0. The van der Waals surface area contributed by atoms with Gasteiger partial charge in [0.05, 0.1) is 5.92 Å². The molecule has 3 fully saturated rings. The largest absolute Gasteiger partial charge is 0.342 e. The van der Waals surface area contributed by atoms with Crippen LogP contribution in [0.15, 0.2) is 0 Å². The van der Waals surface area contributed by atoms with Gasteiger partial charge in [-0.15, -0.1) is 12.4 Å². The summed E-state index contributed by atoms with van der Waals surface area (Å²) in [6.07, 6.45) is 12.7. The molecule has 3 aliphatic rings. The highest BCUT2D eigenvalue weighted by Gasteiger charge is 2.39. The van der Waals surface area contributed by atoms with Crippen molar-refractivity contribution in [2.45, 2.75) is 70.3 Å². The molecule has 0 radical (unpaired) electrons. The Morgan fingerprint density at radius 2 is 1.60 bits per heavy atom. The second-order valence-electron chi connectivity index (χ2n) is 7.09. The molecule has 1 spiro atoms. The van der Waals surface area contributed by atoms with Crippen molar-refractivity contribution < 1.29 is 4.79 Å². The molecule has 116 valence electrons. The van der Waals surface area contributed by atoms with Gasteiger partial charge in [0.1, 0.15) is 0 Å². The Labute approximate surface area is 129 Å². The second kappa shape index (κ2) is 6.65. The molecule has 2 atom stereocenters. The fourth-order valence-corrected chi connectivity index (χ4v) is 4.53. The van der Waals surface area contributed by atoms with Crippen LogP contribution in [0, 0.1) is 11.3 Å². The zero-order valence-corrected chi connectivity index (χ0v) is 13.3. The van der Waals surface area contributed by atoms with Gasteiger partial charge in [-0.3, -0.25) is 4.79 Å². The van der Waals surface area contributed by atoms with E-state index in [2.05, 4.69) is 4.90 Å². The monoisotopic (exact) mass is 300 g/mol. The Morgan fingerprint density at radius 1 is 0.950 bits per heavy atom. The summed E-state index contributed by atoms with van der Waals surface area (Å²) in [6, 6.07) is 0.123. The molecule has 1 aliphatic heterocycles. The Kier molecular flexibility index (Phi) is 5.36. The van der Waals surface area contributed by atoms with Gasteiger partial charge in [-0.25, -0.2) is 0 Å². The van der Waals surface area contributed by atoms with Crippen LogP contribution in [0.2, 0.25) is 0 Å². The van der Waals surface area contributed by atoms with Crippen molar-refractivity contribution in [1.82, 2.24) is 4.90 Å². The lowest BCUT2D eigenvalue weighted by molar-refractivity contribution is -0.138. The van der Waals surface area contributed by atoms with E-state index in [-0.39, 0.29) is 24.4 Å². The molecule has 3 nitrogen and oxygen atoms in total. The molecule has 20 heavy (non-hydrogen) atoms. The topological polar surface area (TPSA) is 46.3 Å². The number of nitrogens with two attached hydrogens (primary N) is 1. The quantitative estimate of drug-likeness (QED) is 0.809. The molecule has 1 heterocycles. The Morgan fingerprint density at radius 3 is 2.15 bits per heavy atom. The number of hydrogen-bond donors (Lipinski definition) is 1. The molecule has 0 aromatic rings. The molecular formula is C16H29ClN2O. The maximum atomic E-state index is 12.5. The molecule has 2 aliphatic carbocycles. The summed E-state index contributed by atoms with van der Waals surface area (Å²) >= 11 is 0. The summed E-state index contributed by atoms with van der Waals surface area (Å²) in [5, 5.41) is 0. The van der Waals surface area contributed by atoms with E-state index in [1.54, 1.807) is 0 Å². The van der Waals surface area contributed by atoms with Crippen LogP contribution >= 0.6 is 12.4 Å². The molecule has 2 N–H and O–H groups in total. The number of rotatable bonds is 1. The van der Waals surface area contributed by atoms with Crippen LogP contribution in [0.3, 0.4) is 0 Å². The van der Waals surface area contributed by atoms with E-state index in [9.17, 15) is 4.79 Å². The van der Waals surface area contributed by atoms with Crippen molar-refractivity contribution in [2.24, 2.45) is 17.1 Å². The first-order valence-corrected chi connectivity index (χ1v) is 8.25. The van der Waals surface area contributed by atoms with E-state index in [4.69, 9.17) is 5.73 Å². The fraction of sp³-hybridized carbons (Fsp3) is 0.938. The van der Waals surface area contributed by atoms with Gasteiger partial charge in [-0.05, 0) is 43.9 Å². The van der Waals surface area contributed by atoms with Gasteiger partial charge in [0.15, 0.2) is 0 Å². The molecule has 2 saturated carbocycles. The maximum Gasteiger partial charge on any atom is 0.227 e. The van der Waals surface area contributed by atoms with Gasteiger partial charge >= 0.3 is 0 Å². The van der Waals surface area contributed by atoms with Crippen LogP contribution in [-0.2, 0) is 4.79 Å². The van der Waals surface area contributed by atoms with Crippen LogP contribution < -0.4 is 5.73 Å². The zero-order chi connectivity index (χ0) is 13.3. The van der Waals surface area contributed by atoms with Crippen LogP contribution in [0.4, 0.5) is 0 Å². The first-order chi connectivity index (χ1) is 9.20. The SMILES string of the molecule is Cl.NC1CCCC1C(=O)N1CCC2(CCCCC2)CC1. The molecule has 1 amide bonds. The first kappa shape index (κ1) is 16.1. The Hall–Kier alpha value is -0.280. The average molecular weight is 301 g/mol. The van der Waals surface area contributed by atoms with Crippen molar-refractivity contribution in [3.63, 3.8) is 0 Å². The minimum atomic E-state index is 0. The lowest BCUT2D eigenvalue weighted by atomic mass is 9.68. The van der Waals surface area contributed by atoms with Crippen molar-refractivity contribution in [2.75, 3.05) is 13.1 Å². The number of halogens is 1. The van der Waals surface area contributed by atoms with Gasteiger partial charge in [-0.2, -0.15) is 0 Å². The number of amides is 1. The van der Waals surface area contributed by atoms with E-state index in [1.165, 1.54) is 44.9 Å². The molecular weight excluding hydrogens is 272 g/mol. The molecule has 0 bridgehead atoms. The van der Waals surface area contributed by atoms with Crippen molar-refractivity contribution in [1.29, 1.82) is 0 Å². The third-order valence-electron chi connectivity index (χ3n) is 5.94. The van der Waals surface area contributed by atoms with Gasteiger partial charge in [-0.1, -0.05) is 25.7 Å². The molecule has 3 rings (SSSR count). The third-order valence-corrected chi connectivity index (χ3v) is 5.94. The molecule has 0 aromatic heterocycles. The number of hydrogen-bond acceptors (Lipinski definition) is 2. The van der Waals surface area contributed by atoms with Crippen LogP contribution in [0.1, 0.15) is 64.2 Å². The minimum Gasteiger partial charge on any atom is -0.342 e. The van der Waals surface area contributed by atoms with Crippen molar-refractivity contribution in [3.8, 4) is 0 Å². The lowest BCUT2D eigenvalue weighted by Crippen LogP contribution is -2.48. The van der Waals surface area contributed by atoms with Gasteiger partial charge in [0.25, 0.3) is 0 Å². The molecule has 2 unspecified atom stereocenters. The smallest absolute Gasteiger partial charge is 0.227 e. The zero-order valence-electron chi connectivity index (χ0n) is 12.5. The molecule has 4 heteroatoms. The summed E-state index contributed by atoms with van der Waals surface area (Å²) in [5.74, 6) is 0.482. The minimum absolute atomic E-state index is 0. The van der Waals surface area contributed by atoms with E-state index in [1.807, 2.05) is 0 Å². The van der Waals surface area contributed by atoms with Gasteiger partial charge in [0, 0.05) is 19.1 Å². The van der Waals surface area contributed by atoms with Gasteiger partial charge < -0.3 is 10.6 Å². The maximum absolute atomic E-state index is 12.5. The number of nitrogens with zero attached hydrogens (tertiary/aromatic N) is 1. The van der Waals surface area contributed by atoms with E-state index >= 15 is 0 Å². The molecule has 0 aromatic carbocycles. The molecule has 1 saturated heterocycles. The van der Waals surface area contributed by atoms with Crippen molar-refractivity contribution in [3.05, 3.63) is 0 Å². The van der Waals surface area contributed by atoms with E-state index in [0.717, 1.165) is 32.4 Å². The van der Waals surface area contributed by atoms with Crippen LogP contribution in [-0.4, -0.2) is 29.9 Å². The number of likely N-dealkylation sites (tertiary alicyclic amines) is 1. The van der Waals surface area contributed by atoms with Crippen molar-refractivity contribution >= 4 is 18.3 Å². The summed E-state index contributed by atoms with van der Waals surface area (Å²) in [7, 11) is 0. The average Bonchev–Trinajstić information content (AvgIpc) is 2.86. The third kappa shape index (κ3) is 3.14.